The molecule has 0 atom stereocenters. The first-order valence-electron chi connectivity index (χ1n) is 30.8. The van der Waals surface area contributed by atoms with Gasteiger partial charge in [-0.1, -0.05) is 224 Å². The summed E-state index contributed by atoms with van der Waals surface area (Å²) in [6.07, 6.45) is 7.23. The monoisotopic (exact) mass is 1090 g/mol. The van der Waals surface area contributed by atoms with Gasteiger partial charge in [0, 0.05) is 34.1 Å². The summed E-state index contributed by atoms with van der Waals surface area (Å²) in [5.74, 6) is 4.38. The Balaban J connectivity index is 0.788. The van der Waals surface area contributed by atoms with Crippen molar-refractivity contribution in [2.75, 3.05) is 9.80 Å². The summed E-state index contributed by atoms with van der Waals surface area (Å²) < 4.78 is 0. The van der Waals surface area contributed by atoms with Gasteiger partial charge < -0.3 is 9.80 Å². The molecule has 0 heterocycles. The van der Waals surface area contributed by atoms with Crippen LogP contribution in [0.4, 0.5) is 34.1 Å². The first-order chi connectivity index (χ1) is 42.1. The predicted molar refractivity (Wildman–Crippen MR) is 355 cm³/mol. The van der Waals surface area contributed by atoms with Crippen LogP contribution < -0.4 is 9.80 Å². The van der Waals surface area contributed by atoms with Crippen molar-refractivity contribution in [1.82, 2.24) is 0 Å². The molecule has 2 nitrogen and oxygen atoms in total. The fourth-order valence-electron chi connectivity index (χ4n) is 16.3. The topological polar surface area (TPSA) is 6.48 Å². The molecule has 0 spiro atoms. The second-order valence-electron chi connectivity index (χ2n) is 24.4. The Labute approximate surface area is 501 Å². The first-order valence-corrected chi connectivity index (χ1v) is 30.8. The molecule has 2 heteroatoms. The number of hydrogen-bond donors (Lipinski definition) is 0. The quantitative estimate of drug-likeness (QED) is 0.114. The molecule has 12 aromatic rings. The van der Waals surface area contributed by atoms with E-state index in [0.29, 0.717) is 5.92 Å². The molecule has 5 aliphatic carbocycles. The van der Waals surface area contributed by atoms with Crippen LogP contribution in [-0.4, -0.2) is 0 Å². The zero-order chi connectivity index (χ0) is 56.3. The Morgan fingerprint density at radius 2 is 0.588 bits per heavy atom. The van der Waals surface area contributed by atoms with Gasteiger partial charge in [0.25, 0.3) is 0 Å². The molecule has 12 aromatic carbocycles. The number of anilines is 6. The van der Waals surface area contributed by atoms with Crippen molar-refractivity contribution >= 4 is 34.1 Å². The minimum Gasteiger partial charge on any atom is -0.311 e. The Morgan fingerprint density at radius 3 is 1.05 bits per heavy atom. The summed E-state index contributed by atoms with van der Waals surface area (Å²) >= 11 is 0. The van der Waals surface area contributed by atoms with Crippen LogP contribution in [0.25, 0.3) is 55.6 Å². The molecule has 0 saturated heterocycles. The maximum Gasteiger partial charge on any atom is 0.0714 e. The van der Waals surface area contributed by atoms with Gasteiger partial charge in [0.1, 0.15) is 0 Å². The molecule has 0 radical (unpaired) electrons. The first kappa shape index (κ1) is 50.9. The number of para-hydroxylation sites is 2. The van der Waals surface area contributed by atoms with Crippen molar-refractivity contribution in [3.8, 4) is 55.6 Å². The van der Waals surface area contributed by atoms with Gasteiger partial charge in [-0.3, -0.25) is 0 Å². The molecule has 0 aromatic heterocycles. The largest absolute Gasteiger partial charge is 0.311 e. The number of fused-ring (bicyclic) bond motifs is 3. The van der Waals surface area contributed by atoms with Gasteiger partial charge in [-0.15, -0.1) is 0 Å². The van der Waals surface area contributed by atoms with E-state index in [1.807, 2.05) is 0 Å². The van der Waals surface area contributed by atoms with E-state index in [2.05, 4.69) is 319 Å². The van der Waals surface area contributed by atoms with Gasteiger partial charge in [0.15, 0.2) is 0 Å². The lowest BCUT2D eigenvalue weighted by atomic mass is 9.51. The highest BCUT2D eigenvalue weighted by Gasteiger charge is 2.49. The van der Waals surface area contributed by atoms with Crippen LogP contribution in [0.3, 0.4) is 0 Å². The van der Waals surface area contributed by atoms with Crippen LogP contribution >= 0.6 is 0 Å². The summed E-state index contributed by atoms with van der Waals surface area (Å²) in [5.41, 5.74) is 24.9. The fraction of sp³-hybridized carbons (Fsp3) is 0.133. The van der Waals surface area contributed by atoms with E-state index in [1.165, 1.54) is 110 Å². The lowest BCUT2D eigenvalue weighted by molar-refractivity contribution is -0.00277. The van der Waals surface area contributed by atoms with Gasteiger partial charge in [0.2, 0.25) is 0 Å². The van der Waals surface area contributed by atoms with Crippen LogP contribution in [0.1, 0.15) is 65.8 Å². The van der Waals surface area contributed by atoms with Crippen molar-refractivity contribution in [3.63, 3.8) is 0 Å². The van der Waals surface area contributed by atoms with Crippen molar-refractivity contribution in [2.24, 2.45) is 23.7 Å². The maximum atomic E-state index is 2.47. The molecule has 0 amide bonds. The molecule has 0 aliphatic heterocycles. The SMILES string of the molecule is c1ccc(-c2cc(-c3ccc(N(c4ccccc4)c4ccc5c(c4)C(c4ccccc4)(c4ccccc4)c4ccccc4-5)cc3)c(-c3ccccc3)cc2-c2ccc(N(c3ccccc3)c3ccc(C4C5CC6CC(C5)CC4C6)cc3)cc2)cc1. The predicted octanol–water partition coefficient (Wildman–Crippen LogP) is 22.2. The van der Waals surface area contributed by atoms with Gasteiger partial charge in [0.05, 0.1) is 5.41 Å². The third kappa shape index (κ3) is 8.93. The molecule has 4 saturated carbocycles. The summed E-state index contributed by atoms with van der Waals surface area (Å²) in [7, 11) is 0. The highest BCUT2D eigenvalue weighted by atomic mass is 15.1. The summed E-state index contributed by atoms with van der Waals surface area (Å²) in [4.78, 5) is 4.85. The van der Waals surface area contributed by atoms with Crippen molar-refractivity contribution < 1.29 is 0 Å². The second kappa shape index (κ2) is 21.5. The van der Waals surface area contributed by atoms with Gasteiger partial charge in [-0.05, 0) is 230 Å². The van der Waals surface area contributed by atoms with Crippen LogP contribution in [0.2, 0.25) is 0 Å². The number of hydrogen-bond acceptors (Lipinski definition) is 2. The Hall–Kier alpha value is -9.76. The van der Waals surface area contributed by atoms with Crippen LogP contribution in [0.5, 0.6) is 0 Å². The van der Waals surface area contributed by atoms with E-state index in [1.54, 1.807) is 5.56 Å². The molecule has 0 unspecified atom stereocenters. The van der Waals surface area contributed by atoms with E-state index in [-0.39, 0.29) is 0 Å². The van der Waals surface area contributed by atoms with E-state index in [4.69, 9.17) is 0 Å². The molecule has 17 rings (SSSR count). The molecule has 408 valence electrons. The van der Waals surface area contributed by atoms with Crippen molar-refractivity contribution in [2.45, 2.75) is 43.4 Å². The lowest BCUT2D eigenvalue weighted by Crippen LogP contribution is -2.43. The fourth-order valence-corrected chi connectivity index (χ4v) is 16.3. The molecular formula is C83H66N2. The van der Waals surface area contributed by atoms with Crippen LogP contribution in [0.15, 0.2) is 309 Å². The maximum absolute atomic E-state index is 2.47. The van der Waals surface area contributed by atoms with Crippen LogP contribution in [0, 0.1) is 23.7 Å². The molecule has 4 fully saturated rings. The van der Waals surface area contributed by atoms with Crippen LogP contribution in [-0.2, 0) is 5.41 Å². The highest BCUT2D eigenvalue weighted by molar-refractivity contribution is 5.96. The summed E-state index contributed by atoms with van der Waals surface area (Å²) in [6, 6.07) is 115. The molecular weight excluding hydrogens is 1020 g/mol. The molecule has 85 heavy (non-hydrogen) atoms. The van der Waals surface area contributed by atoms with Gasteiger partial charge in [-0.2, -0.15) is 0 Å². The average Bonchev–Trinajstić information content (AvgIpc) is 3.50. The molecule has 4 bridgehead atoms. The van der Waals surface area contributed by atoms with Crippen molar-refractivity contribution in [1.29, 1.82) is 0 Å². The minimum atomic E-state index is -0.516. The van der Waals surface area contributed by atoms with E-state index in [0.717, 1.165) is 57.7 Å². The zero-order valence-corrected chi connectivity index (χ0v) is 47.8. The smallest absolute Gasteiger partial charge is 0.0714 e. The van der Waals surface area contributed by atoms with E-state index in [9.17, 15) is 0 Å². The van der Waals surface area contributed by atoms with Gasteiger partial charge >= 0.3 is 0 Å². The molecule has 0 N–H and O–H groups in total. The van der Waals surface area contributed by atoms with Gasteiger partial charge in [-0.25, -0.2) is 0 Å². The Kier molecular flexibility index (Phi) is 12.9. The third-order valence-electron chi connectivity index (χ3n) is 19.7. The molecule has 5 aliphatic rings. The normalized spacial score (nSPS) is 18.6. The average molecular weight is 1090 g/mol. The standard InChI is InChI=1S/C83H66N2/c1-7-21-59(22-8-1)76-56-79(62-37-43-72(44-38-62)85(69-31-17-6-18-32-69)73-47-48-75-74-33-19-20-34-80(74)83(81(75)54-73,66-25-11-3-12-26-66)67-27-13-4-14-28-67)77(60-23-9-2-10-24-60)55-78(76)61-35-41-70(42-36-61)84(68-29-15-5-16-30-68)71-45-39-63(40-46-71)82-64-50-57-49-58(52-64)53-65(82)51-57/h1-48,54-58,64-65,82H,49-53H2. The second-order valence-corrected chi connectivity index (χ2v) is 24.4. The minimum absolute atomic E-state index is 0.516. The Morgan fingerprint density at radius 1 is 0.247 bits per heavy atom. The van der Waals surface area contributed by atoms with Crippen molar-refractivity contribution in [3.05, 3.63) is 337 Å². The zero-order valence-electron chi connectivity index (χ0n) is 47.8. The number of benzene rings is 12. The van der Waals surface area contributed by atoms with E-state index >= 15 is 0 Å². The van der Waals surface area contributed by atoms with E-state index < -0.39 is 5.41 Å². The third-order valence-corrected chi connectivity index (χ3v) is 19.7. The lowest BCUT2D eigenvalue weighted by Gasteiger charge is -2.54. The number of nitrogens with zero attached hydrogens (tertiary/aromatic N) is 2. The Bertz CT molecular complexity index is 4250. The number of rotatable bonds is 13. The summed E-state index contributed by atoms with van der Waals surface area (Å²) in [5, 5.41) is 0. The summed E-state index contributed by atoms with van der Waals surface area (Å²) in [6.45, 7) is 0. The highest BCUT2D eigenvalue weighted by Crippen LogP contribution is 2.61.